The van der Waals surface area contributed by atoms with Crippen LogP contribution in [0.3, 0.4) is 0 Å². The molecule has 2 aromatic carbocycles. The van der Waals surface area contributed by atoms with E-state index in [1.54, 1.807) is 60.7 Å². The molecule has 0 unspecified atom stereocenters. The number of nitrogens with one attached hydrogen (secondary N) is 8. The maximum atomic E-state index is 14.7. The van der Waals surface area contributed by atoms with E-state index in [2.05, 4.69) is 47.5 Å². The monoisotopic (exact) mass is 1350 g/mol. The second kappa shape index (κ2) is 41.0. The highest BCUT2D eigenvalue weighted by molar-refractivity contribution is 7.98. The predicted molar refractivity (Wildman–Crippen MR) is 356 cm³/mol. The maximum Gasteiger partial charge on any atom is 0.245 e. The molecule has 2 fully saturated rings. The molecule has 31 nitrogen and oxygen atoms in total. The minimum Gasteiger partial charge on any atom is -0.370 e. The van der Waals surface area contributed by atoms with Crippen molar-refractivity contribution >= 4 is 94.5 Å². The molecule has 2 aliphatic rings. The van der Waals surface area contributed by atoms with E-state index in [4.69, 9.17) is 40.1 Å². The van der Waals surface area contributed by atoms with Crippen LogP contribution in [0.25, 0.3) is 0 Å². The smallest absolute Gasteiger partial charge is 0.245 e. The first-order valence-electron chi connectivity index (χ1n) is 32.2. The Labute approximate surface area is 558 Å². The van der Waals surface area contributed by atoms with Crippen LogP contribution in [0.4, 0.5) is 0 Å². The van der Waals surface area contributed by atoms with Gasteiger partial charge in [0.2, 0.25) is 76.8 Å². The van der Waals surface area contributed by atoms with E-state index in [-0.39, 0.29) is 83.0 Å². The van der Waals surface area contributed by atoms with Crippen LogP contribution in [0.15, 0.2) is 65.7 Å². The van der Waals surface area contributed by atoms with E-state index in [1.165, 1.54) is 21.6 Å². The summed E-state index contributed by atoms with van der Waals surface area (Å²) in [4.78, 5) is 185. The summed E-state index contributed by atoms with van der Waals surface area (Å²) in [5.74, 6) is -9.80. The lowest BCUT2D eigenvalue weighted by Gasteiger charge is -2.32. The summed E-state index contributed by atoms with van der Waals surface area (Å²) < 4.78 is 0. The van der Waals surface area contributed by atoms with Gasteiger partial charge in [0.25, 0.3) is 0 Å². The highest BCUT2D eigenvalue weighted by Gasteiger charge is 2.42. The number of likely N-dealkylation sites (tertiary alicyclic amines) is 2. The number of hydrogen-bond acceptors (Lipinski definition) is 17. The molecule has 10 atom stereocenters. The zero-order chi connectivity index (χ0) is 70.1. The summed E-state index contributed by atoms with van der Waals surface area (Å²) in [5.41, 5.74) is 40.6. The molecule has 32 heteroatoms. The number of rotatable bonds is 42. The molecule has 0 aromatic heterocycles. The van der Waals surface area contributed by atoms with Crippen LogP contribution < -0.4 is 82.7 Å². The Morgan fingerprint density at radius 1 is 0.537 bits per heavy atom. The van der Waals surface area contributed by atoms with E-state index in [9.17, 15) is 62.3 Å². The molecule has 4 rings (SSSR count). The van der Waals surface area contributed by atoms with Crippen molar-refractivity contribution in [3.63, 3.8) is 0 Å². The summed E-state index contributed by atoms with van der Waals surface area (Å²) in [7, 11) is 0. The highest BCUT2D eigenvalue weighted by atomic mass is 32.2. The minimum atomic E-state index is -1.64. The number of carbonyl (C=O) groups is 13. The standard InChI is InChI=1S/C63H98N18O13S/c1-37(2)33-45(57(89)74-41(53(68)85)27-32-95-3)73-52(84)36-72-54(86)46(34-38-15-6-4-7-16-38)78-58(90)47(35-39-17-8-5-9-18-39)79-56(88)42(23-25-50(66)82)75-55(87)43(24-26-51(67)83)76-59(91)49-22-14-31-81(49)62(94)44(20-10-11-28-64)77-60(92)48-21-13-30-80(48)61(93)40(65)19-12-29-71-63(69)70/h4-9,15-18,37,40-49H,10-14,19-36,64-65H2,1-3H3,(H2,66,82)(H2,67,83)(H2,68,85)(H,72,86)(H,73,84)(H,74,89)(H,75,87)(H,76,91)(H,77,92)(H,78,90)(H,79,88)(H4,69,70,71)/t40-,41+,42-,43+,44-,45+,46-,47+,48-,49-/m1/s1. The van der Waals surface area contributed by atoms with Crippen molar-refractivity contribution in [1.82, 2.24) is 52.3 Å². The van der Waals surface area contributed by atoms with Crippen molar-refractivity contribution in [3.05, 3.63) is 71.8 Å². The van der Waals surface area contributed by atoms with Gasteiger partial charge in [-0.15, -0.1) is 0 Å². The molecule has 2 heterocycles. The molecule has 2 aromatic rings. The van der Waals surface area contributed by atoms with Crippen molar-refractivity contribution in [2.75, 3.05) is 44.7 Å². The molecule has 0 radical (unpaired) electrons. The second-order valence-electron chi connectivity index (χ2n) is 24.1. The van der Waals surface area contributed by atoms with Crippen LogP contribution in [0.1, 0.15) is 121 Å². The average Bonchev–Trinajstić information content (AvgIpc) is 1.74. The van der Waals surface area contributed by atoms with Gasteiger partial charge in [0.05, 0.1) is 12.6 Å². The van der Waals surface area contributed by atoms with Crippen molar-refractivity contribution in [3.8, 4) is 0 Å². The molecular weight excluding hydrogens is 1250 g/mol. The van der Waals surface area contributed by atoms with Crippen LogP contribution >= 0.6 is 11.8 Å². The number of unbranched alkanes of at least 4 members (excludes halogenated alkanes) is 1. The van der Waals surface area contributed by atoms with Gasteiger partial charge >= 0.3 is 0 Å². The van der Waals surface area contributed by atoms with Crippen LogP contribution in [0.2, 0.25) is 0 Å². The lowest BCUT2D eigenvalue weighted by molar-refractivity contribution is -0.144. The molecule has 0 aliphatic carbocycles. The van der Waals surface area contributed by atoms with Crippen LogP contribution in [-0.4, -0.2) is 198 Å². The van der Waals surface area contributed by atoms with E-state index in [0.717, 1.165) is 0 Å². The van der Waals surface area contributed by atoms with Gasteiger partial charge < -0.3 is 92.5 Å². The molecule has 13 amide bonds. The van der Waals surface area contributed by atoms with Crippen molar-refractivity contribution < 1.29 is 62.3 Å². The topological polar surface area (TPSA) is 519 Å². The fourth-order valence-electron chi connectivity index (χ4n) is 11.0. The third kappa shape index (κ3) is 27.5. The number of nitrogens with zero attached hydrogens (tertiary/aromatic N) is 3. The molecule has 0 bridgehead atoms. The zero-order valence-corrected chi connectivity index (χ0v) is 55.3. The third-order valence-electron chi connectivity index (χ3n) is 16.0. The van der Waals surface area contributed by atoms with E-state index in [0.29, 0.717) is 55.4 Å². The number of amides is 13. The third-order valence-corrected chi connectivity index (χ3v) is 16.7. The molecule has 524 valence electrons. The summed E-state index contributed by atoms with van der Waals surface area (Å²) in [5, 5.41) is 21.1. The summed E-state index contributed by atoms with van der Waals surface area (Å²) in [6, 6.07) is 4.51. The van der Waals surface area contributed by atoms with Gasteiger partial charge in [-0.05, 0) is 119 Å². The lowest BCUT2D eigenvalue weighted by atomic mass is 10.0. The number of hydrogen-bond donors (Lipinski definition) is 15. The van der Waals surface area contributed by atoms with Gasteiger partial charge in [-0.1, -0.05) is 74.5 Å². The Hall–Kier alpha value is -8.91. The maximum absolute atomic E-state index is 14.7. The number of thioether (sulfide) groups is 1. The fraction of sp³-hybridized carbons (Fsp3) is 0.587. The molecule has 0 spiro atoms. The van der Waals surface area contributed by atoms with Crippen LogP contribution in [0, 0.1) is 5.92 Å². The lowest BCUT2D eigenvalue weighted by Crippen LogP contribution is -2.60. The van der Waals surface area contributed by atoms with Gasteiger partial charge in [-0.2, -0.15) is 11.8 Å². The predicted octanol–water partition coefficient (Wildman–Crippen LogP) is -3.71. The quantitative estimate of drug-likeness (QED) is 0.0173. The first-order valence-corrected chi connectivity index (χ1v) is 33.6. The molecular formula is C63H98N18O13S. The van der Waals surface area contributed by atoms with Gasteiger partial charge in [-0.3, -0.25) is 67.3 Å². The fourth-order valence-corrected chi connectivity index (χ4v) is 11.5. The number of guanidine groups is 1. The molecule has 2 aliphatic heterocycles. The first-order chi connectivity index (χ1) is 45.2. The van der Waals surface area contributed by atoms with Gasteiger partial charge in [0.15, 0.2) is 5.96 Å². The second-order valence-corrected chi connectivity index (χ2v) is 25.1. The summed E-state index contributed by atoms with van der Waals surface area (Å²) in [6.45, 7) is 3.86. The summed E-state index contributed by atoms with van der Waals surface area (Å²) >= 11 is 1.45. The zero-order valence-electron chi connectivity index (χ0n) is 54.5. The number of benzene rings is 2. The molecule has 95 heavy (non-hydrogen) atoms. The molecule has 2 saturated heterocycles. The average molecular weight is 1350 g/mol. The van der Waals surface area contributed by atoms with Gasteiger partial charge in [-0.25, -0.2) is 0 Å². The van der Waals surface area contributed by atoms with Crippen LogP contribution in [-0.2, 0) is 75.2 Å². The number of carbonyl (C=O) groups excluding carboxylic acids is 13. The first kappa shape index (κ1) is 78.5. The number of primary amides is 3. The number of aliphatic imine (C=N–C) groups is 1. The van der Waals surface area contributed by atoms with Gasteiger partial charge in [0.1, 0.15) is 54.4 Å². The van der Waals surface area contributed by atoms with E-state index < -0.39 is 169 Å². The van der Waals surface area contributed by atoms with Crippen molar-refractivity contribution in [2.24, 2.45) is 51.0 Å². The molecule has 0 saturated carbocycles. The Bertz CT molecular complexity index is 2960. The molecule has 22 N–H and O–H groups in total. The van der Waals surface area contributed by atoms with Gasteiger partial charge in [0, 0.05) is 45.3 Å². The summed E-state index contributed by atoms with van der Waals surface area (Å²) in [6.07, 6.45) is 3.12. The van der Waals surface area contributed by atoms with Crippen LogP contribution in [0.5, 0.6) is 0 Å². The van der Waals surface area contributed by atoms with Crippen molar-refractivity contribution in [1.29, 1.82) is 0 Å². The SMILES string of the molecule is CSCC[C@H](NC(=O)[C@H](CC(C)C)NC(=O)CNC(=O)[C@@H](Cc1ccccc1)NC(=O)[C@H](Cc1ccccc1)NC(=O)[C@@H](CCC(N)=O)NC(=O)[C@H](CCC(N)=O)NC(=O)[C@H]1CCCN1C(=O)[C@@H](CCCCN)NC(=O)[C@H]1CCCN1C(=O)[C@H](N)CCCN=C(N)N)C(N)=O. The normalized spacial score (nSPS) is 16.8. The highest BCUT2D eigenvalue weighted by Crippen LogP contribution is 2.24. The van der Waals surface area contributed by atoms with E-state index >= 15 is 0 Å². The Balaban J connectivity index is 1.56. The Morgan fingerprint density at radius 2 is 1.01 bits per heavy atom. The van der Waals surface area contributed by atoms with Crippen molar-refractivity contribution in [2.45, 2.75) is 183 Å². The Morgan fingerprint density at radius 3 is 1.51 bits per heavy atom. The van der Waals surface area contributed by atoms with E-state index in [1.807, 2.05) is 20.1 Å². The minimum absolute atomic E-state index is 0.0736. The largest absolute Gasteiger partial charge is 0.370 e. The Kier molecular flexibility index (Phi) is 33.9. The number of nitrogens with two attached hydrogens (primary N) is 7.